The molecule has 0 bridgehead atoms. The Balaban J connectivity index is 1.65. The summed E-state index contributed by atoms with van der Waals surface area (Å²) in [7, 11) is 0. The van der Waals surface area contributed by atoms with Gasteiger partial charge in [-0.1, -0.05) is 0 Å². The van der Waals surface area contributed by atoms with Gasteiger partial charge in [-0.2, -0.15) is 0 Å². The van der Waals surface area contributed by atoms with E-state index in [4.69, 9.17) is 10.5 Å². The minimum Gasteiger partial charge on any atom is -0.379 e. The summed E-state index contributed by atoms with van der Waals surface area (Å²) in [6.45, 7) is 3.81. The molecule has 2 fully saturated rings. The van der Waals surface area contributed by atoms with Crippen molar-refractivity contribution in [2.24, 2.45) is 17.6 Å². The molecule has 0 spiro atoms. The van der Waals surface area contributed by atoms with Crippen LogP contribution < -0.4 is 11.2 Å². The van der Waals surface area contributed by atoms with Crippen LogP contribution in [0.2, 0.25) is 0 Å². The minimum atomic E-state index is 0.160. The summed E-state index contributed by atoms with van der Waals surface area (Å²) in [5, 5.41) is 1.97. The Morgan fingerprint density at radius 3 is 2.39 bits per heavy atom. The number of hydrogen-bond acceptors (Lipinski definition) is 4. The molecule has 5 heteroatoms. The van der Waals surface area contributed by atoms with Crippen molar-refractivity contribution in [2.45, 2.75) is 32.1 Å². The quantitative estimate of drug-likeness (QED) is 0.768. The van der Waals surface area contributed by atoms with Gasteiger partial charge in [0.1, 0.15) is 0 Å². The van der Waals surface area contributed by atoms with Gasteiger partial charge in [-0.25, -0.2) is 5.01 Å². The molecular formula is C13H25N3O2. The number of nitrogens with two attached hydrogens (primary N) is 1. The number of rotatable bonds is 4. The lowest BCUT2D eigenvalue weighted by atomic mass is 9.80. The molecule has 1 aliphatic heterocycles. The number of morpholine rings is 1. The van der Waals surface area contributed by atoms with E-state index in [-0.39, 0.29) is 5.91 Å². The molecule has 2 aliphatic rings. The van der Waals surface area contributed by atoms with Gasteiger partial charge >= 0.3 is 0 Å². The van der Waals surface area contributed by atoms with Gasteiger partial charge in [0, 0.05) is 19.5 Å². The Hall–Kier alpha value is -0.650. The zero-order valence-corrected chi connectivity index (χ0v) is 11.1. The maximum Gasteiger partial charge on any atom is 0.234 e. The predicted octanol–water partition coefficient (Wildman–Crippen LogP) is 0.505. The summed E-state index contributed by atoms with van der Waals surface area (Å²) in [4.78, 5) is 11.9. The third-order valence-electron chi connectivity index (χ3n) is 4.07. The van der Waals surface area contributed by atoms with Crippen LogP contribution in [0.4, 0.5) is 0 Å². The number of hydrogen-bond donors (Lipinski definition) is 2. The second-order valence-electron chi connectivity index (χ2n) is 5.46. The first-order chi connectivity index (χ1) is 8.78. The fraction of sp³-hybridized carbons (Fsp3) is 0.923. The highest BCUT2D eigenvalue weighted by atomic mass is 16.5. The van der Waals surface area contributed by atoms with Crippen molar-refractivity contribution in [3.05, 3.63) is 0 Å². The first-order valence-electron chi connectivity index (χ1n) is 7.10. The molecule has 104 valence electrons. The van der Waals surface area contributed by atoms with E-state index >= 15 is 0 Å². The highest BCUT2D eigenvalue weighted by Crippen LogP contribution is 2.30. The van der Waals surface area contributed by atoms with E-state index in [9.17, 15) is 4.79 Å². The maximum absolute atomic E-state index is 11.9. The molecule has 1 aliphatic carbocycles. The van der Waals surface area contributed by atoms with Crippen molar-refractivity contribution in [2.75, 3.05) is 32.8 Å². The second kappa shape index (κ2) is 7.07. The summed E-state index contributed by atoms with van der Waals surface area (Å²) >= 11 is 0. The van der Waals surface area contributed by atoms with E-state index in [0.29, 0.717) is 31.5 Å². The summed E-state index contributed by atoms with van der Waals surface area (Å²) in [5.41, 5.74) is 8.66. The Morgan fingerprint density at radius 1 is 1.17 bits per heavy atom. The number of carbonyl (C=O) groups is 1. The third-order valence-corrected chi connectivity index (χ3v) is 4.07. The van der Waals surface area contributed by atoms with Gasteiger partial charge in [0.25, 0.3) is 0 Å². The normalized spacial score (nSPS) is 30.1. The van der Waals surface area contributed by atoms with Crippen molar-refractivity contribution >= 4 is 5.91 Å². The molecule has 18 heavy (non-hydrogen) atoms. The van der Waals surface area contributed by atoms with Gasteiger partial charge in [-0.3, -0.25) is 10.2 Å². The molecule has 1 amide bonds. The average molecular weight is 255 g/mol. The highest BCUT2D eigenvalue weighted by Gasteiger charge is 2.23. The fourth-order valence-corrected chi connectivity index (χ4v) is 2.83. The van der Waals surface area contributed by atoms with Crippen LogP contribution >= 0.6 is 0 Å². The van der Waals surface area contributed by atoms with Crippen molar-refractivity contribution in [3.8, 4) is 0 Å². The van der Waals surface area contributed by atoms with Gasteiger partial charge in [0.15, 0.2) is 0 Å². The molecule has 3 N–H and O–H groups in total. The van der Waals surface area contributed by atoms with E-state index in [2.05, 4.69) is 5.43 Å². The van der Waals surface area contributed by atoms with Crippen LogP contribution in [0.1, 0.15) is 32.1 Å². The van der Waals surface area contributed by atoms with Crippen LogP contribution in [-0.2, 0) is 9.53 Å². The van der Waals surface area contributed by atoms with E-state index in [1.807, 2.05) is 5.01 Å². The number of ether oxygens (including phenoxy) is 1. The third kappa shape index (κ3) is 4.23. The lowest BCUT2D eigenvalue weighted by molar-refractivity contribution is -0.129. The van der Waals surface area contributed by atoms with Crippen LogP contribution in [0, 0.1) is 11.8 Å². The van der Waals surface area contributed by atoms with Crippen molar-refractivity contribution in [1.82, 2.24) is 10.4 Å². The number of carbonyl (C=O) groups excluding carboxylic acids is 1. The predicted molar refractivity (Wildman–Crippen MR) is 69.7 cm³/mol. The topological polar surface area (TPSA) is 67.6 Å². The van der Waals surface area contributed by atoms with Crippen LogP contribution in [0.5, 0.6) is 0 Å². The highest BCUT2D eigenvalue weighted by molar-refractivity contribution is 5.75. The molecule has 0 unspecified atom stereocenters. The smallest absolute Gasteiger partial charge is 0.234 e. The van der Waals surface area contributed by atoms with Gasteiger partial charge in [-0.05, 0) is 44.1 Å². The van der Waals surface area contributed by atoms with Gasteiger partial charge in [0.05, 0.1) is 13.2 Å². The molecule has 0 atom stereocenters. The Bertz CT molecular complexity index is 259. The fourth-order valence-electron chi connectivity index (χ4n) is 2.83. The van der Waals surface area contributed by atoms with E-state index in [1.165, 1.54) is 12.8 Å². The van der Waals surface area contributed by atoms with Crippen LogP contribution in [0.3, 0.4) is 0 Å². The Kier molecular flexibility index (Phi) is 5.41. The summed E-state index contributed by atoms with van der Waals surface area (Å²) in [5.74, 6) is 1.39. The van der Waals surface area contributed by atoms with Gasteiger partial charge in [-0.15, -0.1) is 0 Å². The standard InChI is InChI=1S/C13H25N3O2/c14-10-12-3-1-11(2-4-12)9-13(17)15-16-5-7-18-8-6-16/h11-12H,1-10,14H2,(H,15,17). The van der Waals surface area contributed by atoms with Crippen molar-refractivity contribution in [3.63, 3.8) is 0 Å². The molecule has 0 radical (unpaired) electrons. The Labute approximate surface area is 109 Å². The van der Waals surface area contributed by atoms with E-state index in [0.717, 1.165) is 32.5 Å². The van der Waals surface area contributed by atoms with E-state index in [1.54, 1.807) is 0 Å². The van der Waals surface area contributed by atoms with Crippen LogP contribution in [0.25, 0.3) is 0 Å². The first-order valence-corrected chi connectivity index (χ1v) is 7.10. The molecule has 1 saturated carbocycles. The SMILES string of the molecule is NCC1CCC(CC(=O)NN2CCOCC2)CC1. The lowest BCUT2D eigenvalue weighted by Gasteiger charge is -2.30. The molecule has 1 saturated heterocycles. The number of amides is 1. The molecule has 0 aromatic heterocycles. The molecular weight excluding hydrogens is 230 g/mol. The first kappa shape index (κ1) is 13.8. The lowest BCUT2D eigenvalue weighted by Crippen LogP contribution is -2.48. The molecule has 1 heterocycles. The number of nitrogens with one attached hydrogen (secondary N) is 1. The summed E-state index contributed by atoms with van der Waals surface area (Å²) < 4.78 is 5.25. The monoisotopic (exact) mass is 255 g/mol. The van der Waals surface area contributed by atoms with Crippen molar-refractivity contribution < 1.29 is 9.53 Å². The number of hydrazine groups is 1. The van der Waals surface area contributed by atoms with Crippen LogP contribution in [-0.4, -0.2) is 43.8 Å². The summed E-state index contributed by atoms with van der Waals surface area (Å²) in [6.07, 6.45) is 5.34. The largest absolute Gasteiger partial charge is 0.379 e. The molecule has 5 nitrogen and oxygen atoms in total. The van der Waals surface area contributed by atoms with Gasteiger partial charge < -0.3 is 10.5 Å². The minimum absolute atomic E-state index is 0.160. The summed E-state index contributed by atoms with van der Waals surface area (Å²) in [6, 6.07) is 0. The molecule has 0 aromatic carbocycles. The average Bonchev–Trinajstić information content (AvgIpc) is 2.40. The molecule has 0 aromatic rings. The van der Waals surface area contributed by atoms with Crippen LogP contribution in [0.15, 0.2) is 0 Å². The Morgan fingerprint density at radius 2 is 1.78 bits per heavy atom. The number of nitrogens with zero attached hydrogens (tertiary/aromatic N) is 1. The second-order valence-corrected chi connectivity index (χ2v) is 5.46. The zero-order chi connectivity index (χ0) is 12.8. The maximum atomic E-state index is 11.9. The zero-order valence-electron chi connectivity index (χ0n) is 11.1. The van der Waals surface area contributed by atoms with Crippen molar-refractivity contribution in [1.29, 1.82) is 0 Å². The molecule has 2 rings (SSSR count). The van der Waals surface area contributed by atoms with E-state index < -0.39 is 0 Å². The van der Waals surface area contributed by atoms with Gasteiger partial charge in [0.2, 0.25) is 5.91 Å².